The number of hydrogen-bond donors (Lipinski definition) is 0. The first-order chi connectivity index (χ1) is 9.23. The lowest BCUT2D eigenvalue weighted by Gasteiger charge is -1.99. The zero-order valence-corrected chi connectivity index (χ0v) is 11.8. The van der Waals surface area contributed by atoms with Crippen molar-refractivity contribution in [2.75, 3.05) is 0 Å². The number of benzene rings is 2. The van der Waals surface area contributed by atoms with Gasteiger partial charge in [-0.15, -0.1) is 0 Å². The minimum atomic E-state index is -0.736. The van der Waals surface area contributed by atoms with Gasteiger partial charge in [0.05, 0.1) is 0 Å². The molecule has 0 heterocycles. The Hall–Kier alpha value is -1.84. The maximum atomic E-state index is 12.6. The molecule has 108 valence electrons. The van der Waals surface area contributed by atoms with Crippen LogP contribution in [0.2, 0.25) is 0 Å². The van der Waals surface area contributed by atoms with E-state index < -0.39 is 11.6 Å². The van der Waals surface area contributed by atoms with Gasteiger partial charge in [-0.3, -0.25) is 0 Å². The molecule has 0 atom stereocenters. The minimum Gasteiger partial charge on any atom is -0.207 e. The molecule has 0 radical (unpaired) electrons. The maximum absolute atomic E-state index is 12.6. The molecule has 0 amide bonds. The highest BCUT2D eigenvalue weighted by Crippen LogP contribution is 2.14. The smallest absolute Gasteiger partial charge is 0.161 e. The Bertz CT molecular complexity index is 541. The molecule has 0 unspecified atom stereocenters. The molecule has 0 saturated heterocycles. The molecule has 4 heteroatoms. The summed E-state index contributed by atoms with van der Waals surface area (Å²) < 4.78 is 50.4. The normalized spacial score (nSPS) is 10.0. The van der Waals surface area contributed by atoms with E-state index in [2.05, 4.69) is 0 Å². The van der Waals surface area contributed by atoms with Crippen LogP contribution in [0, 0.1) is 51.0 Å². The highest BCUT2D eigenvalue weighted by atomic mass is 19.2. The first kappa shape index (κ1) is 16.2. The van der Waals surface area contributed by atoms with Crippen LogP contribution in [0.15, 0.2) is 24.3 Å². The predicted octanol–water partition coefficient (Wildman–Crippen LogP) is 5.16. The van der Waals surface area contributed by atoms with Crippen LogP contribution < -0.4 is 0 Å². The molecule has 0 spiro atoms. The number of hydrogen-bond acceptors (Lipinski definition) is 0. The average molecular weight is 284 g/mol. The number of aryl methyl sites for hydroxylation is 4. The summed E-state index contributed by atoms with van der Waals surface area (Å²) in [7, 11) is 0. The van der Waals surface area contributed by atoms with Crippen molar-refractivity contribution in [3.8, 4) is 0 Å². The van der Waals surface area contributed by atoms with Gasteiger partial charge in [0, 0.05) is 0 Å². The van der Waals surface area contributed by atoms with Crippen molar-refractivity contribution in [2.24, 2.45) is 0 Å². The standard InChI is InChI=1S/2C8H8F2/c1-5-3-8(10)6(2)4-7(5)9;1-5-3-4-6(2)8(10)7(5)9/h2*3-4H,1-2H3. The third-order valence-corrected chi connectivity index (χ3v) is 2.91. The summed E-state index contributed by atoms with van der Waals surface area (Å²) in [5, 5.41) is 0. The van der Waals surface area contributed by atoms with E-state index in [-0.39, 0.29) is 11.6 Å². The predicted molar refractivity (Wildman–Crippen MR) is 71.7 cm³/mol. The molecule has 0 aromatic heterocycles. The van der Waals surface area contributed by atoms with Gasteiger partial charge in [0.2, 0.25) is 0 Å². The monoisotopic (exact) mass is 284 g/mol. The molecule has 0 saturated carbocycles. The molecular weight excluding hydrogens is 268 g/mol. The van der Waals surface area contributed by atoms with Gasteiger partial charge in [0.25, 0.3) is 0 Å². The van der Waals surface area contributed by atoms with Crippen molar-refractivity contribution in [1.29, 1.82) is 0 Å². The molecule has 20 heavy (non-hydrogen) atoms. The lowest BCUT2D eigenvalue weighted by molar-refractivity contribution is 0.497. The first-order valence-electron chi connectivity index (χ1n) is 6.07. The summed E-state index contributed by atoms with van der Waals surface area (Å²) in [6, 6.07) is 5.52. The SMILES string of the molecule is Cc1cc(F)c(C)cc1F.Cc1ccc(C)c(F)c1F. The lowest BCUT2D eigenvalue weighted by atomic mass is 10.1. The summed E-state index contributed by atoms with van der Waals surface area (Å²) in [6.45, 7) is 6.16. The molecule has 0 fully saturated rings. The van der Waals surface area contributed by atoms with E-state index in [0.29, 0.717) is 22.3 Å². The minimum absolute atomic E-state index is 0.348. The Labute approximate surface area is 116 Å². The van der Waals surface area contributed by atoms with Crippen molar-refractivity contribution in [3.05, 3.63) is 69.8 Å². The second-order valence-corrected chi connectivity index (χ2v) is 4.68. The molecule has 0 aliphatic heterocycles. The van der Waals surface area contributed by atoms with E-state index in [1.165, 1.54) is 39.8 Å². The summed E-state index contributed by atoms with van der Waals surface area (Å²) in [6.07, 6.45) is 0. The summed E-state index contributed by atoms with van der Waals surface area (Å²) >= 11 is 0. The Morgan fingerprint density at radius 3 is 1.15 bits per heavy atom. The Balaban J connectivity index is 0.000000200. The summed E-state index contributed by atoms with van der Waals surface area (Å²) in [5.41, 5.74) is 1.40. The van der Waals surface area contributed by atoms with Gasteiger partial charge in [-0.25, -0.2) is 17.6 Å². The molecule has 0 N–H and O–H groups in total. The lowest BCUT2D eigenvalue weighted by Crippen LogP contribution is -1.91. The van der Waals surface area contributed by atoms with Crippen LogP contribution in [0.5, 0.6) is 0 Å². The van der Waals surface area contributed by atoms with Crippen molar-refractivity contribution >= 4 is 0 Å². The summed E-state index contributed by atoms with van der Waals surface area (Å²) in [4.78, 5) is 0. The van der Waals surface area contributed by atoms with Gasteiger partial charge in [0.1, 0.15) is 11.6 Å². The Morgan fingerprint density at radius 2 is 0.850 bits per heavy atom. The topological polar surface area (TPSA) is 0 Å². The van der Waals surface area contributed by atoms with Crippen molar-refractivity contribution in [1.82, 2.24) is 0 Å². The molecule has 2 rings (SSSR count). The van der Waals surface area contributed by atoms with Crippen LogP contribution in [-0.4, -0.2) is 0 Å². The Morgan fingerprint density at radius 1 is 0.550 bits per heavy atom. The van der Waals surface area contributed by atoms with Crippen molar-refractivity contribution in [2.45, 2.75) is 27.7 Å². The fourth-order valence-corrected chi connectivity index (χ4v) is 1.49. The van der Waals surface area contributed by atoms with Gasteiger partial charge in [-0.2, -0.15) is 0 Å². The van der Waals surface area contributed by atoms with Gasteiger partial charge in [-0.05, 0) is 62.1 Å². The molecule has 2 aromatic rings. The van der Waals surface area contributed by atoms with E-state index >= 15 is 0 Å². The van der Waals surface area contributed by atoms with E-state index in [1.807, 2.05) is 0 Å². The second kappa shape index (κ2) is 6.55. The van der Waals surface area contributed by atoms with Crippen molar-refractivity contribution in [3.63, 3.8) is 0 Å². The van der Waals surface area contributed by atoms with E-state index in [1.54, 1.807) is 12.1 Å². The zero-order valence-electron chi connectivity index (χ0n) is 11.8. The number of rotatable bonds is 0. The first-order valence-corrected chi connectivity index (χ1v) is 6.07. The maximum Gasteiger partial charge on any atom is 0.161 e. The fourth-order valence-electron chi connectivity index (χ4n) is 1.49. The highest BCUT2D eigenvalue weighted by Gasteiger charge is 2.06. The molecule has 0 aliphatic rings. The zero-order chi connectivity index (χ0) is 15.4. The van der Waals surface area contributed by atoms with Crippen molar-refractivity contribution < 1.29 is 17.6 Å². The third kappa shape index (κ3) is 3.83. The van der Waals surface area contributed by atoms with E-state index in [9.17, 15) is 17.6 Å². The van der Waals surface area contributed by atoms with Gasteiger partial charge in [0.15, 0.2) is 11.6 Å². The van der Waals surface area contributed by atoms with E-state index in [4.69, 9.17) is 0 Å². The quantitative estimate of drug-likeness (QED) is 0.586. The average Bonchev–Trinajstić information content (AvgIpc) is 2.39. The van der Waals surface area contributed by atoms with Crippen LogP contribution in [0.1, 0.15) is 22.3 Å². The number of halogens is 4. The van der Waals surface area contributed by atoms with Gasteiger partial charge >= 0.3 is 0 Å². The van der Waals surface area contributed by atoms with Gasteiger partial charge in [-0.1, -0.05) is 12.1 Å². The third-order valence-electron chi connectivity index (χ3n) is 2.91. The second-order valence-electron chi connectivity index (χ2n) is 4.68. The molecule has 0 aliphatic carbocycles. The van der Waals surface area contributed by atoms with Crippen LogP contribution in [-0.2, 0) is 0 Å². The molecular formula is C16H16F4. The molecule has 0 nitrogen and oxygen atoms in total. The highest BCUT2D eigenvalue weighted by molar-refractivity contribution is 5.24. The summed E-state index contributed by atoms with van der Waals surface area (Å²) in [5.74, 6) is -2.17. The molecule has 0 bridgehead atoms. The largest absolute Gasteiger partial charge is 0.207 e. The van der Waals surface area contributed by atoms with Gasteiger partial charge < -0.3 is 0 Å². The van der Waals surface area contributed by atoms with Crippen LogP contribution >= 0.6 is 0 Å². The van der Waals surface area contributed by atoms with E-state index in [0.717, 1.165) is 0 Å². The fraction of sp³-hybridized carbons (Fsp3) is 0.250. The van der Waals surface area contributed by atoms with Crippen LogP contribution in [0.25, 0.3) is 0 Å². The van der Waals surface area contributed by atoms with Crippen LogP contribution in [0.3, 0.4) is 0 Å². The van der Waals surface area contributed by atoms with Crippen LogP contribution in [0.4, 0.5) is 17.6 Å². The Kier molecular flexibility index (Phi) is 5.31. The molecule has 2 aromatic carbocycles.